The number of Topliss-reactive ketones (excluding diaryl/α,β-unsaturated/α-hetero) is 1. The third-order valence-corrected chi connectivity index (χ3v) is 4.24. The number of ketones is 1. The Morgan fingerprint density at radius 3 is 2.54 bits per heavy atom. The van der Waals surface area contributed by atoms with Crippen molar-refractivity contribution in [2.45, 2.75) is 27.4 Å². The molecule has 0 amide bonds. The van der Waals surface area contributed by atoms with Crippen molar-refractivity contribution in [3.05, 3.63) is 63.9 Å². The highest BCUT2D eigenvalue weighted by atomic mass is 35.5. The predicted octanol–water partition coefficient (Wildman–Crippen LogP) is 5.59. The number of allylic oxidation sites excluding steroid dienone is 1. The number of rotatable bonds is 6. The molecule has 0 radical (unpaired) electrons. The van der Waals surface area contributed by atoms with Gasteiger partial charge in [0.05, 0.1) is 17.7 Å². The second kappa shape index (κ2) is 8.90. The third-order valence-electron chi connectivity index (χ3n) is 3.95. The summed E-state index contributed by atoms with van der Waals surface area (Å²) in [5.74, 6) is 0.247. The van der Waals surface area contributed by atoms with Crippen LogP contribution in [0.2, 0.25) is 5.02 Å². The van der Waals surface area contributed by atoms with Crippen molar-refractivity contribution >= 4 is 23.5 Å². The first-order chi connectivity index (χ1) is 13.2. The molecule has 0 heterocycles. The maximum Gasteiger partial charge on any atom is 0.178 e. The summed E-state index contributed by atoms with van der Waals surface area (Å²) in [5.41, 5.74) is 0.805. The van der Waals surface area contributed by atoms with Crippen molar-refractivity contribution in [3.63, 3.8) is 0 Å². The molecule has 0 bridgehead atoms. The molecule has 0 saturated carbocycles. The van der Waals surface area contributed by atoms with Crippen molar-refractivity contribution in [2.75, 3.05) is 7.11 Å². The zero-order valence-corrected chi connectivity index (χ0v) is 16.9. The molecule has 28 heavy (non-hydrogen) atoms. The maximum atomic E-state index is 13.3. The van der Waals surface area contributed by atoms with Crippen molar-refractivity contribution < 1.29 is 18.7 Å². The molecule has 0 aliphatic rings. The zero-order chi connectivity index (χ0) is 20.9. The Balaban J connectivity index is 2.30. The van der Waals surface area contributed by atoms with Gasteiger partial charge in [0.25, 0.3) is 0 Å². The molecular formula is C22H21ClFNO3. The summed E-state index contributed by atoms with van der Waals surface area (Å²) in [7, 11) is 1.53. The SMILES string of the molecule is COc1ccc(C=C(C#N)C(=O)C(C)(C)C)cc1COc1ccc(F)c(Cl)c1. The molecular weight excluding hydrogens is 381 g/mol. The lowest BCUT2D eigenvalue weighted by atomic mass is 9.86. The van der Waals surface area contributed by atoms with E-state index < -0.39 is 11.2 Å². The number of ether oxygens (including phenoxy) is 2. The summed E-state index contributed by atoms with van der Waals surface area (Å²) in [5, 5.41) is 9.33. The third kappa shape index (κ3) is 5.34. The molecule has 2 rings (SSSR count). The first-order valence-corrected chi connectivity index (χ1v) is 8.95. The minimum atomic E-state index is -0.651. The number of nitriles is 1. The summed E-state index contributed by atoms with van der Waals surface area (Å²) in [6.45, 7) is 5.44. The monoisotopic (exact) mass is 401 g/mol. The lowest BCUT2D eigenvalue weighted by molar-refractivity contribution is -0.121. The number of carbonyl (C=O) groups excluding carboxylic acids is 1. The average molecular weight is 402 g/mol. The van der Waals surface area contributed by atoms with Gasteiger partial charge in [-0.15, -0.1) is 0 Å². The van der Waals surface area contributed by atoms with Gasteiger partial charge >= 0.3 is 0 Å². The van der Waals surface area contributed by atoms with Gasteiger partial charge in [-0.25, -0.2) is 4.39 Å². The number of hydrogen-bond donors (Lipinski definition) is 0. The van der Waals surface area contributed by atoms with Crippen LogP contribution in [0.3, 0.4) is 0 Å². The van der Waals surface area contributed by atoms with E-state index in [1.807, 2.05) is 6.07 Å². The first kappa shape index (κ1) is 21.5. The van der Waals surface area contributed by atoms with Gasteiger partial charge in [-0.05, 0) is 35.9 Å². The van der Waals surface area contributed by atoms with Gasteiger partial charge in [0.2, 0.25) is 0 Å². The average Bonchev–Trinajstić information content (AvgIpc) is 2.65. The van der Waals surface area contributed by atoms with Crippen LogP contribution >= 0.6 is 11.6 Å². The van der Waals surface area contributed by atoms with Crippen LogP contribution < -0.4 is 9.47 Å². The van der Waals surface area contributed by atoms with Crippen LogP contribution in [0.4, 0.5) is 4.39 Å². The van der Waals surface area contributed by atoms with E-state index in [0.29, 0.717) is 22.6 Å². The fraction of sp³-hybridized carbons (Fsp3) is 0.273. The van der Waals surface area contributed by atoms with Crippen molar-refractivity contribution in [1.29, 1.82) is 5.26 Å². The Bertz CT molecular complexity index is 955. The van der Waals surface area contributed by atoms with Crippen LogP contribution in [-0.2, 0) is 11.4 Å². The van der Waals surface area contributed by atoms with E-state index in [1.165, 1.54) is 25.3 Å². The highest BCUT2D eigenvalue weighted by molar-refractivity contribution is 6.30. The second-order valence-corrected chi connectivity index (χ2v) is 7.59. The van der Waals surface area contributed by atoms with Gasteiger partial charge in [-0.3, -0.25) is 4.79 Å². The maximum absolute atomic E-state index is 13.3. The molecule has 4 nitrogen and oxygen atoms in total. The van der Waals surface area contributed by atoms with E-state index in [9.17, 15) is 14.4 Å². The van der Waals surface area contributed by atoms with Gasteiger partial charge in [0, 0.05) is 17.0 Å². The summed E-state index contributed by atoms with van der Waals surface area (Å²) >= 11 is 5.77. The molecule has 0 atom stereocenters. The Hall–Kier alpha value is -2.84. The van der Waals surface area contributed by atoms with Gasteiger partial charge in [-0.1, -0.05) is 38.4 Å². The van der Waals surface area contributed by atoms with Gasteiger partial charge in [0.1, 0.15) is 30.0 Å². The number of nitrogens with zero attached hydrogens (tertiary/aromatic N) is 1. The molecule has 0 aliphatic heterocycles. The van der Waals surface area contributed by atoms with Crippen LogP contribution in [-0.4, -0.2) is 12.9 Å². The van der Waals surface area contributed by atoms with E-state index in [2.05, 4.69) is 0 Å². The summed E-state index contributed by atoms with van der Waals surface area (Å²) in [4.78, 5) is 12.4. The van der Waals surface area contributed by atoms with Crippen molar-refractivity contribution in [3.8, 4) is 17.6 Å². The van der Waals surface area contributed by atoms with Crippen LogP contribution in [0.1, 0.15) is 31.9 Å². The largest absolute Gasteiger partial charge is 0.496 e. The Morgan fingerprint density at radius 1 is 1.25 bits per heavy atom. The Labute approximate surface area is 169 Å². The number of benzene rings is 2. The normalized spacial score (nSPS) is 11.7. The fourth-order valence-corrected chi connectivity index (χ4v) is 2.62. The van der Waals surface area contributed by atoms with Crippen molar-refractivity contribution in [1.82, 2.24) is 0 Å². The second-order valence-electron chi connectivity index (χ2n) is 7.18. The number of methoxy groups -OCH3 is 1. The summed E-state index contributed by atoms with van der Waals surface area (Å²) in [6.07, 6.45) is 1.55. The molecule has 0 fully saturated rings. The molecule has 0 unspecified atom stereocenters. The van der Waals surface area contributed by atoms with E-state index in [0.717, 1.165) is 0 Å². The molecule has 0 aromatic heterocycles. The molecule has 2 aromatic rings. The molecule has 0 saturated heterocycles. The highest BCUT2D eigenvalue weighted by Gasteiger charge is 2.25. The highest BCUT2D eigenvalue weighted by Crippen LogP contribution is 2.27. The summed E-state index contributed by atoms with van der Waals surface area (Å²) in [6, 6.07) is 11.3. The first-order valence-electron chi connectivity index (χ1n) is 8.57. The van der Waals surface area contributed by atoms with Crippen LogP contribution in [0.5, 0.6) is 11.5 Å². The van der Waals surface area contributed by atoms with Crippen LogP contribution in [0, 0.1) is 22.6 Å². The Kier molecular flexibility index (Phi) is 6.82. The number of hydrogen-bond acceptors (Lipinski definition) is 4. The van der Waals surface area contributed by atoms with Crippen LogP contribution in [0.15, 0.2) is 42.0 Å². The van der Waals surface area contributed by atoms with E-state index in [1.54, 1.807) is 45.0 Å². The summed E-state index contributed by atoms with van der Waals surface area (Å²) < 4.78 is 24.3. The molecule has 6 heteroatoms. The zero-order valence-electron chi connectivity index (χ0n) is 16.2. The minimum Gasteiger partial charge on any atom is -0.496 e. The van der Waals surface area contributed by atoms with Gasteiger partial charge in [-0.2, -0.15) is 5.26 Å². The molecule has 0 aliphatic carbocycles. The molecule has 2 aromatic carbocycles. The Morgan fingerprint density at radius 2 is 1.96 bits per heavy atom. The van der Waals surface area contributed by atoms with Crippen molar-refractivity contribution in [2.24, 2.45) is 5.41 Å². The molecule has 0 N–H and O–H groups in total. The minimum absolute atomic E-state index is 0.0273. The lowest BCUT2D eigenvalue weighted by Crippen LogP contribution is -2.21. The van der Waals surface area contributed by atoms with E-state index in [4.69, 9.17) is 21.1 Å². The van der Waals surface area contributed by atoms with Gasteiger partial charge in [0.15, 0.2) is 5.78 Å². The quantitative estimate of drug-likeness (QED) is 0.467. The van der Waals surface area contributed by atoms with E-state index >= 15 is 0 Å². The topological polar surface area (TPSA) is 59.3 Å². The number of carbonyl (C=O) groups is 1. The lowest BCUT2D eigenvalue weighted by Gasteiger charge is -2.16. The number of halogens is 2. The molecule has 146 valence electrons. The van der Waals surface area contributed by atoms with E-state index in [-0.39, 0.29) is 23.0 Å². The smallest absolute Gasteiger partial charge is 0.178 e. The molecule has 0 spiro atoms. The van der Waals surface area contributed by atoms with Gasteiger partial charge < -0.3 is 9.47 Å². The fourth-order valence-electron chi connectivity index (χ4n) is 2.45. The standard InChI is InChI=1S/C22H21ClFNO3/c1-22(2,3)21(26)15(12-25)9-14-5-8-20(27-4)16(10-14)13-28-17-6-7-19(24)18(23)11-17/h5-11H,13H2,1-4H3. The predicted molar refractivity (Wildman–Crippen MR) is 107 cm³/mol. The van der Waals surface area contributed by atoms with Crippen LogP contribution in [0.25, 0.3) is 6.08 Å².